The van der Waals surface area contributed by atoms with E-state index in [1.165, 1.54) is 22.9 Å². The Hall–Kier alpha value is -2.17. The van der Waals surface area contributed by atoms with Gasteiger partial charge in [-0.25, -0.2) is 0 Å². The normalized spacial score (nSPS) is 16.6. The second kappa shape index (κ2) is 8.29. The molecular weight excluding hydrogens is 420 g/mol. The van der Waals surface area contributed by atoms with Gasteiger partial charge in [0.05, 0.1) is 17.3 Å². The molecule has 1 fully saturated rings. The van der Waals surface area contributed by atoms with Crippen LogP contribution in [0.25, 0.3) is 0 Å². The fraction of sp³-hybridized carbons (Fsp3) is 0.444. The molecule has 1 saturated carbocycles. The summed E-state index contributed by atoms with van der Waals surface area (Å²) in [4.78, 5) is -0.107. The van der Waals surface area contributed by atoms with Crippen LogP contribution in [-0.4, -0.2) is 26.5 Å². The number of oxime groups is 1. The standard InChI is InChI=1S/C18H17F6N3OS/c19-17(20,21)12-7-3-4-8-15(12)29-10-13(26-28)14-9-16(18(22,23)24)25-27(14)11-5-1-2-6-11/h3-4,7-9,11,28H,1-2,5-6,10H2/b26-13-. The van der Waals surface area contributed by atoms with Gasteiger partial charge in [0, 0.05) is 10.6 Å². The highest BCUT2D eigenvalue weighted by molar-refractivity contribution is 8.00. The average Bonchev–Trinajstić information content (AvgIpc) is 3.31. The van der Waals surface area contributed by atoms with Gasteiger partial charge in [-0.2, -0.15) is 31.4 Å². The Labute approximate surface area is 166 Å². The molecule has 1 aliphatic rings. The van der Waals surface area contributed by atoms with Gasteiger partial charge < -0.3 is 5.21 Å². The topological polar surface area (TPSA) is 50.4 Å². The Balaban J connectivity index is 1.90. The lowest BCUT2D eigenvalue weighted by atomic mass is 10.2. The minimum absolute atomic E-state index is 0.0382. The molecule has 0 saturated heterocycles. The number of rotatable bonds is 5. The molecule has 3 rings (SSSR count). The number of alkyl halides is 6. The second-order valence-electron chi connectivity index (χ2n) is 6.62. The van der Waals surface area contributed by atoms with E-state index < -0.39 is 23.6 Å². The zero-order chi connectivity index (χ0) is 21.2. The maximum atomic E-state index is 13.2. The first-order valence-corrected chi connectivity index (χ1v) is 9.77. The number of hydrogen-bond acceptors (Lipinski definition) is 4. The minimum atomic E-state index is -4.69. The summed E-state index contributed by atoms with van der Waals surface area (Å²) >= 11 is 0.736. The van der Waals surface area contributed by atoms with Gasteiger partial charge in [-0.15, -0.1) is 11.8 Å². The molecule has 1 aromatic carbocycles. The molecule has 158 valence electrons. The van der Waals surface area contributed by atoms with Gasteiger partial charge >= 0.3 is 12.4 Å². The van der Waals surface area contributed by atoms with E-state index in [2.05, 4.69) is 10.3 Å². The first kappa shape index (κ1) is 21.5. The van der Waals surface area contributed by atoms with Gasteiger partial charge in [0.2, 0.25) is 0 Å². The summed E-state index contributed by atoms with van der Waals surface area (Å²) in [6.07, 6.45) is -6.32. The molecule has 2 aromatic rings. The summed E-state index contributed by atoms with van der Waals surface area (Å²) in [6.45, 7) is 0. The number of thioether (sulfide) groups is 1. The van der Waals surface area contributed by atoms with Crippen molar-refractivity contribution in [2.24, 2.45) is 5.16 Å². The summed E-state index contributed by atoms with van der Waals surface area (Å²) in [5.41, 5.74) is -2.19. The van der Waals surface area contributed by atoms with Gasteiger partial charge in [0.25, 0.3) is 0 Å². The van der Waals surface area contributed by atoms with Crippen LogP contribution in [0, 0.1) is 0 Å². The van der Waals surface area contributed by atoms with Crippen LogP contribution >= 0.6 is 11.8 Å². The Bertz CT molecular complexity index is 884. The van der Waals surface area contributed by atoms with E-state index in [1.807, 2.05) is 0 Å². The zero-order valence-corrected chi connectivity index (χ0v) is 15.8. The molecule has 1 aliphatic carbocycles. The van der Waals surface area contributed by atoms with Crippen LogP contribution in [0.15, 0.2) is 40.4 Å². The molecule has 0 amide bonds. The highest BCUT2D eigenvalue weighted by Gasteiger charge is 2.37. The molecule has 0 atom stereocenters. The van der Waals surface area contributed by atoms with Crippen LogP contribution in [0.5, 0.6) is 0 Å². The Morgan fingerprint density at radius 1 is 1.10 bits per heavy atom. The molecule has 0 radical (unpaired) electrons. The molecular formula is C18H17F6N3OS. The third-order valence-electron chi connectivity index (χ3n) is 4.67. The van der Waals surface area contributed by atoms with Gasteiger partial charge in [-0.1, -0.05) is 30.1 Å². The van der Waals surface area contributed by atoms with E-state index in [1.54, 1.807) is 0 Å². The summed E-state index contributed by atoms with van der Waals surface area (Å²) in [7, 11) is 0. The summed E-state index contributed by atoms with van der Waals surface area (Å²) in [5.74, 6) is -0.251. The Morgan fingerprint density at radius 2 is 1.76 bits per heavy atom. The smallest absolute Gasteiger partial charge is 0.411 e. The molecule has 1 N–H and O–H groups in total. The van der Waals surface area contributed by atoms with Crippen molar-refractivity contribution in [3.8, 4) is 0 Å². The van der Waals surface area contributed by atoms with Crippen molar-refractivity contribution < 1.29 is 31.5 Å². The quantitative estimate of drug-likeness (QED) is 0.205. The van der Waals surface area contributed by atoms with E-state index in [-0.39, 0.29) is 28.1 Å². The summed E-state index contributed by atoms with van der Waals surface area (Å²) < 4.78 is 80.1. The zero-order valence-electron chi connectivity index (χ0n) is 15.0. The number of aromatic nitrogens is 2. The van der Waals surface area contributed by atoms with Crippen molar-refractivity contribution in [2.45, 2.75) is 49.0 Å². The number of hydrogen-bond donors (Lipinski definition) is 1. The summed E-state index contributed by atoms with van der Waals surface area (Å²) in [5, 5.41) is 16.1. The average molecular weight is 437 g/mol. The van der Waals surface area contributed by atoms with Gasteiger partial charge in [0.1, 0.15) is 5.71 Å². The summed E-state index contributed by atoms with van der Waals surface area (Å²) in [6, 6.07) is 5.37. The lowest BCUT2D eigenvalue weighted by molar-refractivity contribution is -0.141. The third kappa shape index (κ3) is 4.88. The molecule has 11 heteroatoms. The fourth-order valence-corrected chi connectivity index (χ4v) is 4.31. The van der Waals surface area contributed by atoms with E-state index in [0.29, 0.717) is 12.8 Å². The van der Waals surface area contributed by atoms with Crippen molar-refractivity contribution in [2.75, 3.05) is 5.75 Å². The van der Waals surface area contributed by atoms with Crippen molar-refractivity contribution in [1.82, 2.24) is 9.78 Å². The van der Waals surface area contributed by atoms with Crippen LogP contribution in [0.4, 0.5) is 26.3 Å². The van der Waals surface area contributed by atoms with E-state index >= 15 is 0 Å². The van der Waals surface area contributed by atoms with Gasteiger partial charge in [-0.3, -0.25) is 4.68 Å². The van der Waals surface area contributed by atoms with Crippen LogP contribution in [0.1, 0.15) is 48.7 Å². The molecule has 29 heavy (non-hydrogen) atoms. The maximum Gasteiger partial charge on any atom is 0.435 e. The molecule has 1 heterocycles. The van der Waals surface area contributed by atoms with Gasteiger partial charge in [-0.05, 0) is 31.0 Å². The fourth-order valence-electron chi connectivity index (χ4n) is 3.30. The van der Waals surface area contributed by atoms with E-state index in [4.69, 9.17) is 0 Å². The van der Waals surface area contributed by atoms with Crippen LogP contribution in [0.2, 0.25) is 0 Å². The molecule has 0 bridgehead atoms. The molecule has 0 unspecified atom stereocenters. The lowest BCUT2D eigenvalue weighted by Crippen LogP contribution is -2.17. The van der Waals surface area contributed by atoms with E-state index in [0.717, 1.165) is 36.7 Å². The van der Waals surface area contributed by atoms with Crippen molar-refractivity contribution in [1.29, 1.82) is 0 Å². The molecule has 0 aliphatic heterocycles. The van der Waals surface area contributed by atoms with Crippen molar-refractivity contribution >= 4 is 17.5 Å². The minimum Gasteiger partial charge on any atom is -0.411 e. The predicted octanol–water partition coefficient (Wildman–Crippen LogP) is 6.01. The van der Waals surface area contributed by atoms with Crippen LogP contribution in [-0.2, 0) is 12.4 Å². The first-order chi connectivity index (χ1) is 13.6. The molecule has 1 aromatic heterocycles. The third-order valence-corrected chi connectivity index (χ3v) is 5.75. The number of nitrogens with zero attached hydrogens (tertiary/aromatic N) is 3. The Morgan fingerprint density at radius 3 is 2.34 bits per heavy atom. The molecule has 4 nitrogen and oxygen atoms in total. The number of benzene rings is 1. The second-order valence-corrected chi connectivity index (χ2v) is 7.64. The molecule has 0 spiro atoms. The highest BCUT2D eigenvalue weighted by atomic mass is 32.2. The van der Waals surface area contributed by atoms with Crippen LogP contribution in [0.3, 0.4) is 0 Å². The predicted molar refractivity (Wildman–Crippen MR) is 95.2 cm³/mol. The van der Waals surface area contributed by atoms with Crippen molar-refractivity contribution in [3.05, 3.63) is 47.3 Å². The van der Waals surface area contributed by atoms with Crippen molar-refractivity contribution in [3.63, 3.8) is 0 Å². The Kier molecular flexibility index (Phi) is 6.16. The van der Waals surface area contributed by atoms with E-state index in [9.17, 15) is 31.5 Å². The SMILES string of the molecule is O/N=C(/CSc1ccccc1C(F)(F)F)c1cc(C(F)(F)F)nn1C1CCCC1. The highest BCUT2D eigenvalue weighted by Crippen LogP contribution is 2.38. The number of halogens is 6. The van der Waals surface area contributed by atoms with Crippen LogP contribution < -0.4 is 0 Å². The monoisotopic (exact) mass is 437 g/mol. The largest absolute Gasteiger partial charge is 0.435 e. The lowest BCUT2D eigenvalue weighted by Gasteiger charge is -2.15. The van der Waals surface area contributed by atoms with Gasteiger partial charge in [0.15, 0.2) is 5.69 Å². The maximum absolute atomic E-state index is 13.2. The first-order valence-electron chi connectivity index (χ1n) is 8.78.